The number of hydrogen-bond acceptors (Lipinski definition) is 3. The molecule has 0 bridgehead atoms. The minimum Gasteiger partial charge on any atom is -0.376 e. The van der Waals surface area contributed by atoms with Gasteiger partial charge in [0.1, 0.15) is 0 Å². The lowest BCUT2D eigenvalue weighted by atomic mass is 9.96. The third-order valence-corrected chi connectivity index (χ3v) is 4.91. The number of anilines is 1. The van der Waals surface area contributed by atoms with Crippen LogP contribution in [0.5, 0.6) is 0 Å². The second-order valence-electron chi connectivity index (χ2n) is 5.37. The van der Waals surface area contributed by atoms with E-state index in [1.807, 2.05) is 24.5 Å². The van der Waals surface area contributed by atoms with Crippen LogP contribution in [0.15, 0.2) is 35.8 Å². The highest BCUT2D eigenvalue weighted by molar-refractivity contribution is 7.10. The summed E-state index contributed by atoms with van der Waals surface area (Å²) >= 11 is 1.86. The Balaban J connectivity index is 1.81. The van der Waals surface area contributed by atoms with Crippen LogP contribution in [0.25, 0.3) is 0 Å². The molecular formula is C16H20N2S. The van der Waals surface area contributed by atoms with Crippen molar-refractivity contribution in [3.63, 3.8) is 0 Å². The predicted octanol–water partition coefficient (Wildman–Crippen LogP) is 4.79. The van der Waals surface area contributed by atoms with Crippen molar-refractivity contribution in [2.75, 3.05) is 5.32 Å². The summed E-state index contributed by atoms with van der Waals surface area (Å²) in [5.41, 5.74) is 2.20. The first kappa shape index (κ1) is 12.7. The highest BCUT2D eigenvalue weighted by Crippen LogP contribution is 2.39. The van der Waals surface area contributed by atoms with Gasteiger partial charge in [-0.1, -0.05) is 18.9 Å². The number of nitrogens with one attached hydrogen (secondary N) is 1. The zero-order chi connectivity index (χ0) is 13.1. The van der Waals surface area contributed by atoms with Gasteiger partial charge in [-0.2, -0.15) is 0 Å². The number of hydrogen-bond donors (Lipinski definition) is 1. The molecular weight excluding hydrogens is 252 g/mol. The maximum absolute atomic E-state index is 4.38. The van der Waals surface area contributed by atoms with E-state index < -0.39 is 0 Å². The van der Waals surface area contributed by atoms with Gasteiger partial charge in [0.15, 0.2) is 0 Å². The summed E-state index contributed by atoms with van der Waals surface area (Å²) in [5.74, 6) is 0.764. The second kappa shape index (κ2) is 5.74. The maximum atomic E-state index is 4.38. The Kier molecular flexibility index (Phi) is 3.83. The number of rotatable bonds is 4. The molecule has 1 atom stereocenters. The van der Waals surface area contributed by atoms with E-state index in [1.165, 1.54) is 30.6 Å². The van der Waals surface area contributed by atoms with Gasteiger partial charge in [-0.05, 0) is 49.3 Å². The second-order valence-corrected chi connectivity index (χ2v) is 6.35. The standard InChI is InChI=1S/C16H20N2S/c1-12-8-9-14(11-17-12)18-16(13-5-2-3-6-13)15-7-4-10-19-15/h4,7-11,13,16,18H,2-3,5-6H2,1H3. The summed E-state index contributed by atoms with van der Waals surface area (Å²) in [6, 6.07) is 9.06. The van der Waals surface area contributed by atoms with E-state index in [4.69, 9.17) is 0 Å². The maximum Gasteiger partial charge on any atom is 0.0635 e. The van der Waals surface area contributed by atoms with Gasteiger partial charge in [-0.15, -0.1) is 11.3 Å². The molecule has 2 aromatic rings. The molecule has 3 heteroatoms. The summed E-state index contributed by atoms with van der Waals surface area (Å²) in [6.45, 7) is 2.03. The van der Waals surface area contributed by atoms with Crippen molar-refractivity contribution >= 4 is 17.0 Å². The van der Waals surface area contributed by atoms with Crippen LogP contribution in [0.4, 0.5) is 5.69 Å². The van der Waals surface area contributed by atoms with Crippen molar-refractivity contribution in [2.24, 2.45) is 5.92 Å². The van der Waals surface area contributed by atoms with Gasteiger partial charge >= 0.3 is 0 Å². The molecule has 0 aliphatic heterocycles. The van der Waals surface area contributed by atoms with Crippen molar-refractivity contribution in [1.29, 1.82) is 0 Å². The molecule has 1 saturated carbocycles. The van der Waals surface area contributed by atoms with Crippen molar-refractivity contribution in [3.8, 4) is 0 Å². The Bertz CT molecular complexity index is 498. The number of nitrogens with zero attached hydrogens (tertiary/aromatic N) is 1. The zero-order valence-corrected chi connectivity index (χ0v) is 12.1. The Morgan fingerprint density at radius 3 is 2.74 bits per heavy atom. The summed E-state index contributed by atoms with van der Waals surface area (Å²) < 4.78 is 0. The molecule has 1 N–H and O–H groups in total. The average molecular weight is 272 g/mol. The van der Waals surface area contributed by atoms with Crippen LogP contribution in [0, 0.1) is 12.8 Å². The van der Waals surface area contributed by atoms with Gasteiger partial charge in [0, 0.05) is 10.6 Å². The third kappa shape index (κ3) is 2.98. The summed E-state index contributed by atoms with van der Waals surface area (Å²) in [6.07, 6.45) is 7.38. The fourth-order valence-electron chi connectivity index (χ4n) is 2.91. The minimum atomic E-state index is 0.451. The van der Waals surface area contributed by atoms with Gasteiger partial charge in [-0.25, -0.2) is 0 Å². The van der Waals surface area contributed by atoms with Gasteiger partial charge in [0.25, 0.3) is 0 Å². The van der Waals surface area contributed by atoms with Crippen LogP contribution in [0.2, 0.25) is 0 Å². The van der Waals surface area contributed by atoms with E-state index in [2.05, 4.69) is 39.9 Å². The number of thiophene rings is 1. The highest BCUT2D eigenvalue weighted by Gasteiger charge is 2.26. The minimum absolute atomic E-state index is 0.451. The quantitative estimate of drug-likeness (QED) is 0.865. The normalized spacial score (nSPS) is 17.5. The molecule has 3 rings (SSSR count). The molecule has 2 heterocycles. The third-order valence-electron chi connectivity index (χ3n) is 3.95. The van der Waals surface area contributed by atoms with Gasteiger partial charge < -0.3 is 5.32 Å². The smallest absolute Gasteiger partial charge is 0.0635 e. The van der Waals surface area contributed by atoms with Gasteiger partial charge in [-0.3, -0.25) is 4.98 Å². The molecule has 0 amide bonds. The largest absolute Gasteiger partial charge is 0.376 e. The number of aryl methyl sites for hydroxylation is 1. The molecule has 1 aliphatic rings. The molecule has 1 fully saturated rings. The molecule has 19 heavy (non-hydrogen) atoms. The lowest BCUT2D eigenvalue weighted by Gasteiger charge is -2.24. The number of pyridine rings is 1. The fourth-order valence-corrected chi connectivity index (χ4v) is 3.78. The van der Waals surface area contributed by atoms with Crippen molar-refractivity contribution in [2.45, 2.75) is 38.6 Å². The predicted molar refractivity (Wildman–Crippen MR) is 81.6 cm³/mol. The number of aromatic nitrogens is 1. The van der Waals surface area contributed by atoms with E-state index in [9.17, 15) is 0 Å². The van der Waals surface area contributed by atoms with Crippen LogP contribution in [-0.4, -0.2) is 4.98 Å². The van der Waals surface area contributed by atoms with Crippen LogP contribution in [0.3, 0.4) is 0 Å². The Labute approximate surface area is 118 Å². The van der Waals surface area contributed by atoms with Gasteiger partial charge in [0.2, 0.25) is 0 Å². The van der Waals surface area contributed by atoms with Crippen LogP contribution in [-0.2, 0) is 0 Å². The summed E-state index contributed by atoms with van der Waals surface area (Å²) in [5, 5.41) is 5.87. The molecule has 0 spiro atoms. The summed E-state index contributed by atoms with van der Waals surface area (Å²) in [4.78, 5) is 5.83. The van der Waals surface area contributed by atoms with E-state index in [1.54, 1.807) is 0 Å². The van der Waals surface area contributed by atoms with E-state index in [-0.39, 0.29) is 0 Å². The topological polar surface area (TPSA) is 24.9 Å². The summed E-state index contributed by atoms with van der Waals surface area (Å²) in [7, 11) is 0. The van der Waals surface area contributed by atoms with Crippen molar-refractivity contribution in [1.82, 2.24) is 4.98 Å². The molecule has 1 aliphatic carbocycles. The lowest BCUT2D eigenvalue weighted by Crippen LogP contribution is -2.18. The monoisotopic (exact) mass is 272 g/mol. The molecule has 0 aromatic carbocycles. The first-order valence-electron chi connectivity index (χ1n) is 7.05. The molecule has 0 radical (unpaired) electrons. The first-order chi connectivity index (χ1) is 9.33. The van der Waals surface area contributed by atoms with Crippen LogP contribution >= 0.6 is 11.3 Å². The van der Waals surface area contributed by atoms with Crippen LogP contribution < -0.4 is 5.32 Å². The van der Waals surface area contributed by atoms with E-state index in [0.717, 1.165) is 17.3 Å². The van der Waals surface area contributed by atoms with Gasteiger partial charge in [0.05, 0.1) is 17.9 Å². The van der Waals surface area contributed by atoms with Crippen molar-refractivity contribution < 1.29 is 0 Å². The van der Waals surface area contributed by atoms with E-state index >= 15 is 0 Å². The SMILES string of the molecule is Cc1ccc(NC(c2cccs2)C2CCCC2)cn1. The van der Waals surface area contributed by atoms with Crippen molar-refractivity contribution in [3.05, 3.63) is 46.4 Å². The molecule has 2 nitrogen and oxygen atoms in total. The zero-order valence-electron chi connectivity index (χ0n) is 11.3. The average Bonchev–Trinajstić information content (AvgIpc) is 3.11. The fraction of sp³-hybridized carbons (Fsp3) is 0.438. The van der Waals surface area contributed by atoms with E-state index in [0.29, 0.717) is 6.04 Å². The first-order valence-corrected chi connectivity index (χ1v) is 7.93. The lowest BCUT2D eigenvalue weighted by molar-refractivity contribution is 0.475. The highest BCUT2D eigenvalue weighted by atomic mass is 32.1. The Morgan fingerprint density at radius 1 is 1.26 bits per heavy atom. The molecule has 100 valence electrons. The molecule has 2 aromatic heterocycles. The molecule has 0 saturated heterocycles. The molecule has 1 unspecified atom stereocenters. The Hall–Kier alpha value is -1.35. The van der Waals surface area contributed by atoms with Crippen LogP contribution in [0.1, 0.15) is 42.3 Å². The Morgan fingerprint density at radius 2 is 2.11 bits per heavy atom.